The summed E-state index contributed by atoms with van der Waals surface area (Å²) in [6, 6.07) is 14.8. The van der Waals surface area contributed by atoms with Crippen LogP contribution in [0.15, 0.2) is 57.8 Å². The molecule has 0 saturated carbocycles. The first-order valence-corrected chi connectivity index (χ1v) is 9.78. The predicted molar refractivity (Wildman–Crippen MR) is 112 cm³/mol. The molecular formula is C20H18BrN5O2. The highest BCUT2D eigenvalue weighted by Crippen LogP contribution is 2.18. The molecule has 0 unspecified atom stereocenters. The number of halogens is 1. The fourth-order valence-corrected chi connectivity index (χ4v) is 3.67. The van der Waals surface area contributed by atoms with E-state index >= 15 is 0 Å². The number of carbonyl (C=O) groups is 1. The number of para-hydroxylation sites is 2. The summed E-state index contributed by atoms with van der Waals surface area (Å²) in [6.07, 6.45) is 1.62. The van der Waals surface area contributed by atoms with E-state index in [0.29, 0.717) is 11.2 Å². The first kappa shape index (κ1) is 18.4. The van der Waals surface area contributed by atoms with Crippen LogP contribution in [0.5, 0.6) is 0 Å². The van der Waals surface area contributed by atoms with Crippen LogP contribution in [0.1, 0.15) is 19.2 Å². The predicted octanol–water partition coefficient (Wildman–Crippen LogP) is 3.40. The van der Waals surface area contributed by atoms with Gasteiger partial charge in [0.05, 0.1) is 11.0 Å². The molecule has 7 nitrogen and oxygen atoms in total. The molecule has 142 valence electrons. The van der Waals surface area contributed by atoms with E-state index < -0.39 is 0 Å². The van der Waals surface area contributed by atoms with E-state index in [1.54, 1.807) is 16.5 Å². The van der Waals surface area contributed by atoms with Gasteiger partial charge in [-0.3, -0.25) is 18.6 Å². The molecule has 4 rings (SSSR count). The Kier molecular flexibility index (Phi) is 4.95. The maximum Gasteiger partial charge on any atom is 0.297 e. The maximum absolute atomic E-state index is 13.1. The van der Waals surface area contributed by atoms with Crippen molar-refractivity contribution in [3.8, 4) is 0 Å². The number of hydrogen-bond acceptors (Lipinski definition) is 4. The number of rotatable bonds is 5. The Morgan fingerprint density at radius 3 is 2.64 bits per heavy atom. The average Bonchev–Trinajstić information content (AvgIpc) is 3.10. The molecule has 8 heteroatoms. The summed E-state index contributed by atoms with van der Waals surface area (Å²) in [7, 11) is 0. The molecule has 4 aromatic rings. The quantitative estimate of drug-likeness (QED) is 0.516. The summed E-state index contributed by atoms with van der Waals surface area (Å²) in [4.78, 5) is 25.7. The number of nitrogens with one attached hydrogen (secondary N) is 1. The molecule has 0 bridgehead atoms. The monoisotopic (exact) mass is 439 g/mol. The minimum absolute atomic E-state index is 0.113. The van der Waals surface area contributed by atoms with Crippen molar-refractivity contribution in [2.75, 3.05) is 5.32 Å². The van der Waals surface area contributed by atoms with Crippen molar-refractivity contribution in [2.24, 2.45) is 0 Å². The number of carbonyl (C=O) groups excluding carboxylic acids is 1. The van der Waals surface area contributed by atoms with Crippen LogP contribution in [0.25, 0.3) is 16.7 Å². The molecule has 0 atom stereocenters. The largest absolute Gasteiger partial charge is 0.324 e. The lowest BCUT2D eigenvalue weighted by atomic mass is 10.2. The van der Waals surface area contributed by atoms with Gasteiger partial charge in [-0.15, -0.1) is 10.2 Å². The standard InChI is InChI=1S/C20H18BrN5O2/c1-2-6-17-23-24-19-20(28)25(15-9-3-4-10-16(15)26(17)19)12-18(27)22-14-8-5-7-13(21)11-14/h3-5,7-11H,2,6,12H2,1H3,(H,22,27). The molecule has 0 aliphatic heterocycles. The molecule has 2 heterocycles. The van der Waals surface area contributed by atoms with E-state index in [9.17, 15) is 9.59 Å². The van der Waals surface area contributed by atoms with Gasteiger partial charge in [0.25, 0.3) is 5.56 Å². The zero-order valence-corrected chi connectivity index (χ0v) is 16.8. The highest BCUT2D eigenvalue weighted by molar-refractivity contribution is 9.10. The molecule has 0 aliphatic rings. The zero-order chi connectivity index (χ0) is 19.7. The average molecular weight is 440 g/mol. The smallest absolute Gasteiger partial charge is 0.297 e. The summed E-state index contributed by atoms with van der Waals surface area (Å²) < 4.78 is 4.10. The first-order chi connectivity index (χ1) is 13.6. The highest BCUT2D eigenvalue weighted by Gasteiger charge is 2.17. The molecule has 1 amide bonds. The minimum Gasteiger partial charge on any atom is -0.324 e. The molecule has 1 N–H and O–H groups in total. The number of amides is 1. The lowest BCUT2D eigenvalue weighted by Gasteiger charge is -2.13. The fourth-order valence-electron chi connectivity index (χ4n) is 3.27. The van der Waals surface area contributed by atoms with Gasteiger partial charge in [-0.05, 0) is 36.8 Å². The molecule has 0 radical (unpaired) electrons. The summed E-state index contributed by atoms with van der Waals surface area (Å²) in [5, 5.41) is 11.1. The van der Waals surface area contributed by atoms with Gasteiger partial charge in [0.2, 0.25) is 11.6 Å². The van der Waals surface area contributed by atoms with Gasteiger partial charge in [-0.2, -0.15) is 0 Å². The zero-order valence-electron chi connectivity index (χ0n) is 15.2. The van der Waals surface area contributed by atoms with Gasteiger partial charge in [-0.25, -0.2) is 0 Å². The van der Waals surface area contributed by atoms with Crippen molar-refractivity contribution < 1.29 is 4.79 Å². The summed E-state index contributed by atoms with van der Waals surface area (Å²) >= 11 is 3.38. The van der Waals surface area contributed by atoms with Crippen LogP contribution in [0.3, 0.4) is 0 Å². The minimum atomic E-state index is -0.335. The van der Waals surface area contributed by atoms with Crippen LogP contribution in [-0.4, -0.2) is 25.1 Å². The Hall–Kier alpha value is -3.00. The van der Waals surface area contributed by atoms with Crippen molar-refractivity contribution in [3.05, 3.63) is 69.2 Å². The van der Waals surface area contributed by atoms with Crippen molar-refractivity contribution in [1.29, 1.82) is 0 Å². The van der Waals surface area contributed by atoms with Crippen molar-refractivity contribution in [1.82, 2.24) is 19.2 Å². The molecule has 0 saturated heterocycles. The number of hydrogen-bond donors (Lipinski definition) is 1. The SMILES string of the molecule is CCCc1nnc2c(=O)n(CC(=O)Nc3cccc(Br)c3)c3ccccc3n12. The maximum atomic E-state index is 13.1. The second kappa shape index (κ2) is 7.55. The lowest BCUT2D eigenvalue weighted by molar-refractivity contribution is -0.116. The van der Waals surface area contributed by atoms with E-state index in [1.807, 2.05) is 36.4 Å². The molecule has 0 fully saturated rings. The number of fused-ring (bicyclic) bond motifs is 3. The van der Waals surface area contributed by atoms with Crippen molar-refractivity contribution in [3.63, 3.8) is 0 Å². The Morgan fingerprint density at radius 1 is 1.11 bits per heavy atom. The topological polar surface area (TPSA) is 81.3 Å². The van der Waals surface area contributed by atoms with Crippen molar-refractivity contribution >= 4 is 44.2 Å². The van der Waals surface area contributed by atoms with Crippen LogP contribution in [0.4, 0.5) is 5.69 Å². The van der Waals surface area contributed by atoms with E-state index in [-0.39, 0.29) is 23.7 Å². The van der Waals surface area contributed by atoms with E-state index in [4.69, 9.17) is 0 Å². The Morgan fingerprint density at radius 2 is 1.89 bits per heavy atom. The molecule has 0 spiro atoms. The van der Waals surface area contributed by atoms with Crippen molar-refractivity contribution in [2.45, 2.75) is 26.3 Å². The third-order valence-electron chi connectivity index (χ3n) is 4.46. The van der Waals surface area contributed by atoms with E-state index in [2.05, 4.69) is 38.4 Å². The summed E-state index contributed by atoms with van der Waals surface area (Å²) in [5.74, 6) is 0.458. The van der Waals surface area contributed by atoms with E-state index in [0.717, 1.165) is 28.7 Å². The third-order valence-corrected chi connectivity index (χ3v) is 4.96. The first-order valence-electron chi connectivity index (χ1n) is 8.99. The van der Waals surface area contributed by atoms with Gasteiger partial charge in [0, 0.05) is 16.6 Å². The molecule has 2 aromatic carbocycles. The number of anilines is 1. The van der Waals surface area contributed by atoms with Crippen LogP contribution in [-0.2, 0) is 17.8 Å². The summed E-state index contributed by atoms with van der Waals surface area (Å²) in [5.41, 5.74) is 2.03. The van der Waals surface area contributed by atoms with Gasteiger partial charge in [0.15, 0.2) is 0 Å². The summed E-state index contributed by atoms with van der Waals surface area (Å²) in [6.45, 7) is 1.94. The van der Waals surface area contributed by atoms with E-state index in [1.165, 1.54) is 4.57 Å². The Balaban J connectivity index is 1.79. The Labute approximate surface area is 169 Å². The number of benzene rings is 2. The van der Waals surface area contributed by atoms with Gasteiger partial charge < -0.3 is 5.32 Å². The van der Waals surface area contributed by atoms with Crippen LogP contribution in [0, 0.1) is 0 Å². The number of aromatic nitrogens is 4. The second-order valence-electron chi connectivity index (χ2n) is 6.46. The Bertz CT molecular complexity index is 1240. The molecule has 28 heavy (non-hydrogen) atoms. The third kappa shape index (κ3) is 3.31. The number of aryl methyl sites for hydroxylation is 1. The van der Waals surface area contributed by atoms with Crippen LogP contribution >= 0.6 is 15.9 Å². The van der Waals surface area contributed by atoms with Gasteiger partial charge >= 0.3 is 0 Å². The van der Waals surface area contributed by atoms with Gasteiger partial charge in [0.1, 0.15) is 12.4 Å². The van der Waals surface area contributed by atoms with Crippen LogP contribution < -0.4 is 10.9 Å². The fraction of sp³-hybridized carbons (Fsp3) is 0.200. The highest BCUT2D eigenvalue weighted by atomic mass is 79.9. The van der Waals surface area contributed by atoms with Crippen LogP contribution in [0.2, 0.25) is 0 Å². The lowest BCUT2D eigenvalue weighted by Crippen LogP contribution is -2.29. The normalized spacial score (nSPS) is 11.2. The second-order valence-corrected chi connectivity index (χ2v) is 7.38. The van der Waals surface area contributed by atoms with Gasteiger partial charge in [-0.1, -0.05) is 41.1 Å². The molecule has 0 aliphatic carbocycles. The molecular weight excluding hydrogens is 422 g/mol. The molecule has 2 aromatic heterocycles. The number of nitrogens with zero attached hydrogens (tertiary/aromatic N) is 4.